The molecule has 3 aliphatic rings. The zero-order valence-electron chi connectivity index (χ0n) is 23.7. The summed E-state index contributed by atoms with van der Waals surface area (Å²) in [5.41, 5.74) is 0.684. The Morgan fingerprint density at radius 1 is 1.11 bits per heavy atom. The predicted molar refractivity (Wildman–Crippen MR) is 157 cm³/mol. The van der Waals surface area contributed by atoms with E-state index in [-0.39, 0.29) is 29.6 Å². The van der Waals surface area contributed by atoms with Gasteiger partial charge in [-0.25, -0.2) is 4.79 Å². The Kier molecular flexibility index (Phi) is 8.52. The largest absolute Gasteiger partial charge is 0.459 e. The smallest absolute Gasteiger partial charge is 0.330 e. The van der Waals surface area contributed by atoms with E-state index >= 15 is 0 Å². The van der Waals surface area contributed by atoms with Gasteiger partial charge in [-0.1, -0.05) is 52.6 Å². The fourth-order valence-corrected chi connectivity index (χ4v) is 25.2. The second-order valence-corrected chi connectivity index (χ2v) is 23.5. The molecule has 5 atom stereocenters. The summed E-state index contributed by atoms with van der Waals surface area (Å²) in [7, 11) is -3.51. The Balaban J connectivity index is 1.52. The molecule has 210 valence electrons. The molecule has 0 N–H and O–H groups in total. The number of fused-ring (bicyclic) bond motifs is 1. The number of unbranched alkanes of at least 4 members (excludes halogenated alkanes) is 2. The normalized spacial score (nSPS) is 32.2. The van der Waals surface area contributed by atoms with Crippen LogP contribution in [0.2, 0.25) is 37.3 Å². The highest BCUT2D eigenvalue weighted by molar-refractivity contribution is 8.01. The number of carbonyl (C=O) groups is 2. The monoisotopic (exact) mass is 577 g/mol. The maximum atomic E-state index is 14.0. The summed E-state index contributed by atoms with van der Waals surface area (Å²) in [5.74, 6) is -0.286. The van der Waals surface area contributed by atoms with Gasteiger partial charge in [0, 0.05) is 16.9 Å². The SMILES string of the molecule is CCCC[Si]1(C)CC[Si](C)(CCCC)N1C1C(=O)N2[C@@H]1SC(C)(C)[C@@H]2C(=O)OCc1ccc([N+](=O)[O-])cc1. The van der Waals surface area contributed by atoms with Gasteiger partial charge in [-0.05, 0) is 55.7 Å². The van der Waals surface area contributed by atoms with Gasteiger partial charge in [0.25, 0.3) is 5.69 Å². The predicted octanol–water partition coefficient (Wildman–Crippen LogP) is 6.14. The van der Waals surface area contributed by atoms with Gasteiger partial charge >= 0.3 is 5.97 Å². The number of benzene rings is 1. The van der Waals surface area contributed by atoms with Crippen LogP contribution in [-0.2, 0) is 20.9 Å². The van der Waals surface area contributed by atoms with E-state index in [9.17, 15) is 19.7 Å². The second-order valence-electron chi connectivity index (χ2n) is 12.3. The fraction of sp³-hybridized carbons (Fsp3) is 0.704. The number of esters is 1. The summed E-state index contributed by atoms with van der Waals surface area (Å²) >= 11 is 1.76. The maximum absolute atomic E-state index is 14.0. The number of carbonyl (C=O) groups excluding carboxylic acids is 2. The molecule has 8 nitrogen and oxygen atoms in total. The van der Waals surface area contributed by atoms with Crippen molar-refractivity contribution in [3.05, 3.63) is 39.9 Å². The molecule has 11 heteroatoms. The Morgan fingerprint density at radius 2 is 1.66 bits per heavy atom. The number of hydrogen-bond acceptors (Lipinski definition) is 7. The van der Waals surface area contributed by atoms with E-state index in [4.69, 9.17) is 4.74 Å². The van der Waals surface area contributed by atoms with Crippen LogP contribution in [0.15, 0.2) is 24.3 Å². The number of β-lactam (4-membered cyclic amide) rings is 1. The zero-order valence-corrected chi connectivity index (χ0v) is 26.5. The molecule has 3 saturated heterocycles. The Bertz CT molecular complexity index is 1050. The summed E-state index contributed by atoms with van der Waals surface area (Å²) < 4.78 is 8.08. The molecule has 0 spiro atoms. The molecule has 3 fully saturated rings. The molecule has 0 aromatic heterocycles. The number of nitro groups is 1. The van der Waals surface area contributed by atoms with Gasteiger partial charge in [-0.3, -0.25) is 14.9 Å². The van der Waals surface area contributed by atoms with Crippen molar-refractivity contribution in [2.45, 2.75) is 119 Å². The van der Waals surface area contributed by atoms with Gasteiger partial charge in [0.15, 0.2) is 0 Å². The van der Waals surface area contributed by atoms with Gasteiger partial charge in [-0.15, -0.1) is 11.8 Å². The minimum Gasteiger partial charge on any atom is -0.459 e. The Hall–Kier alpha value is -1.70. The van der Waals surface area contributed by atoms with Gasteiger partial charge in [0.05, 0.1) is 4.92 Å². The summed E-state index contributed by atoms with van der Waals surface area (Å²) in [6.45, 7) is 13.7. The van der Waals surface area contributed by atoms with Crippen molar-refractivity contribution in [1.29, 1.82) is 0 Å². The topological polar surface area (TPSA) is 93.0 Å². The van der Waals surface area contributed by atoms with Crippen LogP contribution in [0, 0.1) is 10.1 Å². The molecule has 1 aromatic carbocycles. The highest BCUT2D eigenvalue weighted by Gasteiger charge is 2.69. The summed E-state index contributed by atoms with van der Waals surface area (Å²) in [6.07, 6.45) is 4.82. The van der Waals surface area contributed by atoms with Crippen LogP contribution in [0.25, 0.3) is 0 Å². The number of non-ortho nitro benzene ring substituents is 1. The lowest BCUT2D eigenvalue weighted by Gasteiger charge is -2.56. The van der Waals surface area contributed by atoms with Crippen molar-refractivity contribution < 1.29 is 19.2 Å². The molecule has 0 saturated carbocycles. The average molecular weight is 578 g/mol. The van der Waals surface area contributed by atoms with Crippen molar-refractivity contribution in [1.82, 2.24) is 9.13 Å². The molecule has 3 aliphatic heterocycles. The lowest BCUT2D eigenvalue weighted by molar-refractivity contribution is -0.384. The van der Waals surface area contributed by atoms with E-state index in [1.54, 1.807) is 23.9 Å². The number of hydrogen-bond donors (Lipinski definition) is 0. The first-order valence-corrected chi connectivity index (χ1v) is 20.7. The highest BCUT2D eigenvalue weighted by Crippen LogP contribution is 2.56. The Labute approximate surface area is 233 Å². The van der Waals surface area contributed by atoms with E-state index < -0.39 is 38.2 Å². The van der Waals surface area contributed by atoms with Crippen LogP contribution in [0.3, 0.4) is 0 Å². The number of amides is 1. The Morgan fingerprint density at radius 3 is 2.16 bits per heavy atom. The minimum atomic E-state index is -1.75. The molecular weight excluding hydrogens is 535 g/mol. The number of ether oxygens (including phenoxy) is 1. The van der Waals surface area contributed by atoms with Crippen molar-refractivity contribution in [2.75, 3.05) is 0 Å². The third-order valence-corrected chi connectivity index (χ3v) is 22.6. The first-order valence-electron chi connectivity index (χ1n) is 14.1. The van der Waals surface area contributed by atoms with Crippen molar-refractivity contribution in [3.63, 3.8) is 0 Å². The van der Waals surface area contributed by atoms with E-state index in [2.05, 4.69) is 31.2 Å². The minimum absolute atomic E-state index is 0.000603. The molecule has 3 unspecified atom stereocenters. The van der Waals surface area contributed by atoms with Crippen LogP contribution in [-0.4, -0.2) is 64.6 Å². The summed E-state index contributed by atoms with van der Waals surface area (Å²) in [4.78, 5) is 39.6. The van der Waals surface area contributed by atoms with Gasteiger partial charge < -0.3 is 13.9 Å². The lowest BCUT2D eigenvalue weighted by Crippen LogP contribution is -2.77. The maximum Gasteiger partial charge on any atom is 0.330 e. The molecule has 0 aliphatic carbocycles. The van der Waals surface area contributed by atoms with Crippen molar-refractivity contribution in [3.8, 4) is 0 Å². The first-order chi connectivity index (χ1) is 17.9. The molecule has 3 heterocycles. The zero-order chi connectivity index (χ0) is 27.9. The highest BCUT2D eigenvalue weighted by atomic mass is 32.2. The van der Waals surface area contributed by atoms with E-state index in [0.717, 1.165) is 0 Å². The quantitative estimate of drug-likeness (QED) is 0.103. The number of nitrogens with zero attached hydrogens (tertiary/aromatic N) is 3. The molecule has 0 radical (unpaired) electrons. The van der Waals surface area contributed by atoms with E-state index in [0.29, 0.717) is 5.56 Å². The molecule has 0 bridgehead atoms. The third kappa shape index (κ3) is 5.23. The van der Waals surface area contributed by atoms with Gasteiger partial charge in [0.1, 0.15) is 40.5 Å². The van der Waals surface area contributed by atoms with E-state index in [1.165, 1.54) is 62.0 Å². The summed E-state index contributed by atoms with van der Waals surface area (Å²) in [5, 5.41) is 10.9. The van der Waals surface area contributed by atoms with Crippen LogP contribution in [0.5, 0.6) is 0 Å². The standard InChI is InChI=1S/C27H43N3O5SSi2/c1-7-9-15-37(5)17-18-38(6,16-10-8-2)30(37)22-24(31)28-23(27(3,4)36-25(22)28)26(32)35-19-20-11-13-21(14-12-20)29(33)34/h11-14,22-23,25H,7-10,15-19H2,1-6H3/t22?,23-,25+,37?,38?/m0/s1. The first kappa shape index (κ1) is 29.3. The molecule has 1 amide bonds. The van der Waals surface area contributed by atoms with Crippen LogP contribution in [0.1, 0.15) is 58.9 Å². The van der Waals surface area contributed by atoms with Gasteiger partial charge in [0.2, 0.25) is 5.91 Å². The van der Waals surface area contributed by atoms with Gasteiger partial charge in [-0.2, -0.15) is 0 Å². The second kappa shape index (κ2) is 11.1. The number of nitro benzene ring substituents is 1. The fourth-order valence-electron chi connectivity index (χ4n) is 6.87. The third-order valence-electron chi connectivity index (χ3n) is 8.95. The van der Waals surface area contributed by atoms with Crippen molar-refractivity contribution >= 4 is 45.8 Å². The number of thioether (sulfide) groups is 1. The summed E-state index contributed by atoms with van der Waals surface area (Å²) in [6, 6.07) is 10.4. The van der Waals surface area contributed by atoms with Crippen LogP contribution < -0.4 is 0 Å². The molecule has 1 aromatic rings. The molecule has 38 heavy (non-hydrogen) atoms. The van der Waals surface area contributed by atoms with Crippen LogP contribution >= 0.6 is 11.8 Å². The van der Waals surface area contributed by atoms with Crippen LogP contribution in [0.4, 0.5) is 5.69 Å². The lowest BCUT2D eigenvalue weighted by atomic mass is 9.96. The molecular formula is C27H43N3O5SSi2. The molecule has 4 rings (SSSR count). The van der Waals surface area contributed by atoms with E-state index in [1.807, 2.05) is 18.7 Å². The van der Waals surface area contributed by atoms with Crippen molar-refractivity contribution in [2.24, 2.45) is 0 Å². The number of rotatable bonds is 11. The average Bonchev–Trinajstić information content (AvgIpc) is 3.28.